The number of imide groups is 2. The van der Waals surface area contributed by atoms with Gasteiger partial charge in [0, 0.05) is 10.0 Å². The van der Waals surface area contributed by atoms with Gasteiger partial charge in [-0.05, 0) is 73.9 Å². The van der Waals surface area contributed by atoms with Crippen molar-refractivity contribution in [1.29, 1.82) is 0 Å². The second-order valence-electron chi connectivity index (χ2n) is 7.36. The summed E-state index contributed by atoms with van der Waals surface area (Å²) in [6.45, 7) is 5.70. The molecule has 2 aromatic carbocycles. The number of furan rings is 1. The van der Waals surface area contributed by atoms with Crippen molar-refractivity contribution in [2.75, 3.05) is 4.90 Å². The monoisotopic (exact) mass is 478 g/mol. The lowest BCUT2D eigenvalue weighted by Gasteiger charge is -2.27. The van der Waals surface area contributed by atoms with Crippen molar-refractivity contribution in [3.05, 3.63) is 81.0 Å². The topological polar surface area (TPSA) is 79.6 Å². The van der Waals surface area contributed by atoms with Crippen LogP contribution in [0.1, 0.15) is 22.5 Å². The Labute approximate surface area is 187 Å². The number of anilines is 1. The number of hydrogen-bond acceptors (Lipinski definition) is 4. The van der Waals surface area contributed by atoms with E-state index >= 15 is 0 Å². The zero-order chi connectivity index (χ0) is 22.3. The number of benzene rings is 2. The lowest BCUT2D eigenvalue weighted by Crippen LogP contribution is -2.54. The molecule has 31 heavy (non-hydrogen) atoms. The van der Waals surface area contributed by atoms with Crippen molar-refractivity contribution < 1.29 is 18.8 Å². The van der Waals surface area contributed by atoms with Gasteiger partial charge in [-0.25, -0.2) is 9.69 Å². The molecule has 1 aromatic heterocycles. The Kier molecular flexibility index (Phi) is 5.37. The molecule has 7 heteroatoms. The second-order valence-corrected chi connectivity index (χ2v) is 8.22. The van der Waals surface area contributed by atoms with E-state index in [1.165, 1.54) is 6.08 Å². The smallest absolute Gasteiger partial charge is 0.335 e. The van der Waals surface area contributed by atoms with Crippen LogP contribution in [0.15, 0.2) is 63.0 Å². The van der Waals surface area contributed by atoms with E-state index in [1.54, 1.807) is 24.3 Å². The molecule has 1 aliphatic heterocycles. The van der Waals surface area contributed by atoms with Gasteiger partial charge in [0.25, 0.3) is 11.8 Å². The molecule has 4 amide bonds. The predicted octanol–water partition coefficient (Wildman–Crippen LogP) is 5.30. The molecule has 0 atom stereocenters. The number of aryl methyl sites for hydroxylation is 2. The third-order valence-electron chi connectivity index (χ3n) is 5.22. The number of halogens is 1. The minimum atomic E-state index is -0.774. The highest BCUT2D eigenvalue weighted by Crippen LogP contribution is 2.32. The maximum absolute atomic E-state index is 13.1. The number of urea groups is 1. The maximum Gasteiger partial charge on any atom is 0.335 e. The number of hydrogen-bond donors (Lipinski definition) is 1. The van der Waals surface area contributed by atoms with Crippen molar-refractivity contribution >= 4 is 45.5 Å². The van der Waals surface area contributed by atoms with Crippen LogP contribution in [0.4, 0.5) is 10.5 Å². The first-order chi connectivity index (χ1) is 14.8. The Bertz CT molecular complexity index is 1270. The molecule has 0 radical (unpaired) electrons. The summed E-state index contributed by atoms with van der Waals surface area (Å²) in [6, 6.07) is 13.9. The number of nitrogens with one attached hydrogen (secondary N) is 1. The van der Waals surface area contributed by atoms with Gasteiger partial charge in [-0.15, -0.1) is 0 Å². The van der Waals surface area contributed by atoms with Gasteiger partial charge in [0.2, 0.25) is 0 Å². The van der Waals surface area contributed by atoms with Crippen LogP contribution in [0.3, 0.4) is 0 Å². The van der Waals surface area contributed by atoms with Crippen LogP contribution in [-0.2, 0) is 9.59 Å². The summed E-state index contributed by atoms with van der Waals surface area (Å²) in [5.41, 5.74) is 3.92. The van der Waals surface area contributed by atoms with Crippen LogP contribution in [0.2, 0.25) is 0 Å². The van der Waals surface area contributed by atoms with Crippen LogP contribution in [0.25, 0.3) is 17.4 Å². The van der Waals surface area contributed by atoms with Gasteiger partial charge >= 0.3 is 6.03 Å². The van der Waals surface area contributed by atoms with E-state index in [2.05, 4.69) is 21.2 Å². The number of carbonyl (C=O) groups is 3. The van der Waals surface area contributed by atoms with Crippen LogP contribution >= 0.6 is 15.9 Å². The molecule has 0 saturated carbocycles. The zero-order valence-electron chi connectivity index (χ0n) is 17.2. The van der Waals surface area contributed by atoms with Gasteiger partial charge in [0.15, 0.2) is 0 Å². The Hall–Kier alpha value is -3.45. The molecule has 3 aromatic rings. The lowest BCUT2D eigenvalue weighted by molar-refractivity contribution is -0.122. The summed E-state index contributed by atoms with van der Waals surface area (Å²) in [5.74, 6) is -0.538. The minimum absolute atomic E-state index is 0.177. The quantitative estimate of drug-likeness (QED) is 0.409. The highest BCUT2D eigenvalue weighted by Gasteiger charge is 2.37. The van der Waals surface area contributed by atoms with Crippen molar-refractivity contribution in [3.63, 3.8) is 0 Å². The molecule has 6 nitrogen and oxygen atoms in total. The standard InChI is InChI=1S/C24H19BrN2O4/c1-13-7-9-17(19(25)11-13)21-10-8-16(31-21)12-18-22(28)26-24(30)27(23(18)29)20-6-4-5-14(2)15(20)3/h4-12H,1-3H3,(H,26,28,30)/b18-12+. The molecular weight excluding hydrogens is 460 g/mol. The average molecular weight is 479 g/mol. The van der Waals surface area contributed by atoms with Gasteiger partial charge in [0.1, 0.15) is 17.1 Å². The fraction of sp³-hybridized carbons (Fsp3) is 0.125. The zero-order valence-corrected chi connectivity index (χ0v) is 18.7. The number of barbiturate groups is 1. The van der Waals surface area contributed by atoms with Gasteiger partial charge in [-0.3, -0.25) is 14.9 Å². The molecule has 4 rings (SSSR count). The molecule has 0 aliphatic carbocycles. The van der Waals surface area contributed by atoms with E-state index in [-0.39, 0.29) is 5.57 Å². The Morgan fingerprint density at radius 3 is 2.52 bits per heavy atom. The van der Waals surface area contributed by atoms with Gasteiger partial charge < -0.3 is 4.42 Å². The minimum Gasteiger partial charge on any atom is -0.457 e. The summed E-state index contributed by atoms with van der Waals surface area (Å²) in [6.07, 6.45) is 1.35. The molecule has 156 valence electrons. The summed E-state index contributed by atoms with van der Waals surface area (Å²) in [7, 11) is 0. The molecule has 1 N–H and O–H groups in total. The SMILES string of the molecule is Cc1ccc(-c2ccc(/C=C3\C(=O)NC(=O)N(c4cccc(C)c4C)C3=O)o2)c(Br)c1. The van der Waals surface area contributed by atoms with Crippen molar-refractivity contribution in [1.82, 2.24) is 5.32 Å². The first-order valence-electron chi connectivity index (χ1n) is 9.60. The lowest BCUT2D eigenvalue weighted by atomic mass is 10.0. The number of amides is 4. The summed E-state index contributed by atoms with van der Waals surface area (Å²) >= 11 is 3.53. The fourth-order valence-corrected chi connectivity index (χ4v) is 4.08. The summed E-state index contributed by atoms with van der Waals surface area (Å²) in [5, 5.41) is 2.24. The molecular formula is C24H19BrN2O4. The van der Waals surface area contributed by atoms with Crippen LogP contribution in [0.5, 0.6) is 0 Å². The van der Waals surface area contributed by atoms with Crippen LogP contribution in [-0.4, -0.2) is 17.8 Å². The van der Waals surface area contributed by atoms with Crippen molar-refractivity contribution in [3.8, 4) is 11.3 Å². The van der Waals surface area contributed by atoms with Crippen molar-refractivity contribution in [2.45, 2.75) is 20.8 Å². The Balaban J connectivity index is 1.71. The summed E-state index contributed by atoms with van der Waals surface area (Å²) in [4.78, 5) is 39.0. The first kappa shape index (κ1) is 20.8. The van der Waals surface area contributed by atoms with E-state index in [4.69, 9.17) is 4.42 Å². The van der Waals surface area contributed by atoms with E-state index in [1.807, 2.05) is 45.0 Å². The van der Waals surface area contributed by atoms with Crippen LogP contribution < -0.4 is 10.2 Å². The third kappa shape index (κ3) is 3.84. The molecule has 0 bridgehead atoms. The molecule has 0 spiro atoms. The highest BCUT2D eigenvalue weighted by molar-refractivity contribution is 9.10. The van der Waals surface area contributed by atoms with Gasteiger partial charge in [0.05, 0.1) is 5.69 Å². The molecule has 0 unspecified atom stereocenters. The predicted molar refractivity (Wildman–Crippen MR) is 121 cm³/mol. The molecule has 1 saturated heterocycles. The Morgan fingerprint density at radius 2 is 1.77 bits per heavy atom. The molecule has 2 heterocycles. The Morgan fingerprint density at radius 1 is 1.00 bits per heavy atom. The number of nitrogens with zero attached hydrogens (tertiary/aromatic N) is 1. The largest absolute Gasteiger partial charge is 0.457 e. The number of carbonyl (C=O) groups excluding carboxylic acids is 3. The second kappa shape index (κ2) is 8.00. The first-order valence-corrected chi connectivity index (χ1v) is 10.4. The molecule has 1 fully saturated rings. The van der Waals surface area contributed by atoms with Crippen LogP contribution in [0, 0.1) is 20.8 Å². The maximum atomic E-state index is 13.1. The van der Waals surface area contributed by atoms with E-state index in [9.17, 15) is 14.4 Å². The number of rotatable bonds is 3. The van der Waals surface area contributed by atoms with E-state index < -0.39 is 17.8 Å². The average Bonchev–Trinajstić information content (AvgIpc) is 3.16. The molecule has 1 aliphatic rings. The third-order valence-corrected chi connectivity index (χ3v) is 5.88. The van der Waals surface area contributed by atoms with Gasteiger partial charge in [-0.1, -0.05) is 34.1 Å². The fourth-order valence-electron chi connectivity index (χ4n) is 3.39. The van der Waals surface area contributed by atoms with Crippen molar-refractivity contribution in [2.24, 2.45) is 0 Å². The highest BCUT2D eigenvalue weighted by atomic mass is 79.9. The van der Waals surface area contributed by atoms with E-state index in [0.717, 1.165) is 31.6 Å². The summed E-state index contributed by atoms with van der Waals surface area (Å²) < 4.78 is 6.73. The van der Waals surface area contributed by atoms with E-state index in [0.29, 0.717) is 17.2 Å². The normalized spacial score (nSPS) is 15.5. The van der Waals surface area contributed by atoms with Gasteiger partial charge in [-0.2, -0.15) is 0 Å².